The first-order valence-corrected chi connectivity index (χ1v) is 24.2. The number of thioether (sulfide) groups is 1. The summed E-state index contributed by atoms with van der Waals surface area (Å²) in [6.45, 7) is 1.20. The number of non-ortho nitro benzene ring substituents is 1. The molecule has 8 atom stereocenters. The van der Waals surface area contributed by atoms with Crippen LogP contribution in [0.2, 0.25) is 0 Å². The lowest BCUT2D eigenvalue weighted by Gasteiger charge is -2.30. The first-order chi connectivity index (χ1) is 30.6. The molecule has 3 heterocycles. The van der Waals surface area contributed by atoms with Gasteiger partial charge in [-0.15, -0.1) is 0 Å². The van der Waals surface area contributed by atoms with E-state index in [0.717, 1.165) is 47.2 Å². The molecule has 4 rings (SSSR count). The highest BCUT2D eigenvalue weighted by molar-refractivity contribution is 8.13. The molecule has 2 amide bonds. The summed E-state index contributed by atoms with van der Waals surface area (Å²) in [4.78, 5) is 109. The number of nitro groups is 2. The van der Waals surface area contributed by atoms with Gasteiger partial charge in [0.05, 0.1) is 48.0 Å². The maximum Gasteiger partial charge on any atom is 0.481 e. The van der Waals surface area contributed by atoms with Crippen molar-refractivity contribution in [1.82, 2.24) is 30.2 Å². The van der Waals surface area contributed by atoms with Gasteiger partial charge >= 0.3 is 29.2 Å². The summed E-state index contributed by atoms with van der Waals surface area (Å²) in [5.41, 5.74) is 2.97. The fourth-order valence-corrected chi connectivity index (χ4v) is 9.18. The zero-order valence-electron chi connectivity index (χ0n) is 34.5. The number of nitrogen functional groups attached to an aromatic ring is 1. The number of carbonyl (C=O) groups excluding carboxylic acids is 3. The van der Waals surface area contributed by atoms with E-state index in [1.165, 1.54) is 20.8 Å². The van der Waals surface area contributed by atoms with E-state index in [1.54, 1.807) is 0 Å². The van der Waals surface area contributed by atoms with Gasteiger partial charge in [0.25, 0.3) is 5.69 Å². The number of imidazole rings is 1. The van der Waals surface area contributed by atoms with Crippen LogP contribution >= 0.6 is 35.2 Å². The van der Waals surface area contributed by atoms with E-state index < -0.39 is 112 Å². The van der Waals surface area contributed by atoms with Gasteiger partial charge in [-0.2, -0.15) is 4.31 Å². The third-order valence-electron chi connectivity index (χ3n) is 8.99. The molecule has 0 saturated carbocycles. The Bertz CT molecular complexity index is 2420. The fourth-order valence-electron chi connectivity index (χ4n) is 5.59. The summed E-state index contributed by atoms with van der Waals surface area (Å²) in [5, 5.41) is 48.1. The Morgan fingerprint density at radius 3 is 2.36 bits per heavy atom. The second-order valence-electron chi connectivity index (χ2n) is 14.6. The molecule has 0 radical (unpaired) electrons. The summed E-state index contributed by atoms with van der Waals surface area (Å²) in [7, 11) is -16.5. The molecular formula is C31H44N9O22P3S. The molecule has 0 aliphatic carbocycles. The SMILES string of the molecule is CC(COc1ccc([N+](=O)[O-])cc1[N+](=O)[O-])C(=O)SCCNC(=O)CCNC(=O)C(O)C(C)(C)COP(=O)(O)OP(=O)(O)OCC1OC(n2cnc3c(N)ncnc32)C(O)C1OP(=O)(O)O. The van der Waals surface area contributed by atoms with Crippen molar-refractivity contribution in [3.63, 3.8) is 0 Å². The number of hydrogen-bond acceptors (Lipinski definition) is 23. The number of ether oxygens (including phenoxy) is 2. The number of nitrogens with two attached hydrogens (primary N) is 1. The second-order valence-corrected chi connectivity index (χ2v) is 20.0. The van der Waals surface area contributed by atoms with Crippen molar-refractivity contribution in [3.8, 4) is 5.75 Å². The Labute approximate surface area is 375 Å². The van der Waals surface area contributed by atoms with Crippen molar-refractivity contribution in [3.05, 3.63) is 51.1 Å². The normalized spacial score (nSPS) is 20.4. The standard InChI is InChI=1S/C31H44N9O22P3S/c1-16(11-57-19-5-4-17(39(46)47)10-18(19)40(48)49)30(45)66-9-8-33-21(41)6-7-34-28(44)25(43)31(2,3)13-59-65(55,56)62-64(53,54)58-12-20-24(61-63(50,51)52)23(42)29(60-20)38-15-37-22-26(32)35-14-36-27(22)38/h4-5,10,14-16,20,23-25,29,42-43H,6-9,11-13H2,1-3H3,(H,33,41)(H,34,44)(H,53,54)(H,55,56)(H2,32,35,36)(H2,50,51,52). The number of phosphoric ester groups is 3. The maximum atomic E-state index is 12.7. The quantitative estimate of drug-likeness (QED) is 0.0237. The minimum absolute atomic E-state index is 0.00647. The molecule has 1 aliphatic heterocycles. The molecule has 0 spiro atoms. The number of hydrogen-bond donors (Lipinski definition) is 9. The Kier molecular flexibility index (Phi) is 18.4. The number of aromatic nitrogens is 4. The molecule has 1 aliphatic rings. The van der Waals surface area contributed by atoms with Gasteiger partial charge < -0.3 is 55.6 Å². The molecule has 8 unspecified atom stereocenters. The lowest BCUT2D eigenvalue weighted by atomic mass is 9.87. The van der Waals surface area contributed by atoms with Gasteiger partial charge in [-0.1, -0.05) is 32.5 Å². The number of amides is 2. The number of nitrogens with zero attached hydrogens (tertiary/aromatic N) is 6. The van der Waals surface area contributed by atoms with Crippen molar-refractivity contribution < 1.29 is 95.1 Å². The molecule has 1 fully saturated rings. The molecule has 2 aromatic heterocycles. The number of aliphatic hydroxyl groups is 2. The van der Waals surface area contributed by atoms with Crippen LogP contribution in [0.25, 0.3) is 11.2 Å². The van der Waals surface area contributed by atoms with Crippen LogP contribution in [0.15, 0.2) is 30.9 Å². The highest BCUT2D eigenvalue weighted by Gasteiger charge is 2.50. The van der Waals surface area contributed by atoms with Crippen LogP contribution < -0.4 is 21.1 Å². The van der Waals surface area contributed by atoms with Crippen LogP contribution in [0.4, 0.5) is 17.2 Å². The van der Waals surface area contributed by atoms with Gasteiger partial charge in [0, 0.05) is 36.7 Å². The van der Waals surface area contributed by atoms with Crippen molar-refractivity contribution >= 4 is 80.5 Å². The van der Waals surface area contributed by atoms with E-state index in [4.69, 9.17) is 24.3 Å². The van der Waals surface area contributed by atoms with Crippen molar-refractivity contribution in [2.24, 2.45) is 11.3 Å². The topological polar surface area (TPSA) is 459 Å². The average molecular weight is 1020 g/mol. The molecule has 10 N–H and O–H groups in total. The van der Waals surface area contributed by atoms with E-state index in [9.17, 15) is 78.1 Å². The number of phosphoric acid groups is 3. The van der Waals surface area contributed by atoms with Crippen molar-refractivity contribution in [2.45, 2.75) is 57.8 Å². The molecular weight excluding hydrogens is 975 g/mol. The first-order valence-electron chi connectivity index (χ1n) is 18.7. The van der Waals surface area contributed by atoms with E-state index in [0.29, 0.717) is 0 Å². The lowest BCUT2D eigenvalue weighted by molar-refractivity contribution is -0.394. The Hall–Kier alpha value is -4.62. The van der Waals surface area contributed by atoms with Crippen LogP contribution in [0, 0.1) is 31.6 Å². The van der Waals surface area contributed by atoms with Gasteiger partial charge in [-0.05, 0) is 6.07 Å². The number of nitro benzene ring substituents is 2. The van der Waals surface area contributed by atoms with Gasteiger partial charge in [0.2, 0.25) is 11.8 Å². The predicted molar refractivity (Wildman–Crippen MR) is 222 cm³/mol. The van der Waals surface area contributed by atoms with E-state index in [2.05, 4.69) is 34.4 Å². The molecule has 1 saturated heterocycles. The molecule has 366 valence electrons. The monoisotopic (exact) mass is 1020 g/mol. The molecule has 35 heteroatoms. The van der Waals surface area contributed by atoms with E-state index >= 15 is 0 Å². The van der Waals surface area contributed by atoms with Crippen molar-refractivity contribution in [1.29, 1.82) is 0 Å². The van der Waals surface area contributed by atoms with E-state index in [1.807, 2.05) is 0 Å². The summed E-state index contributed by atoms with van der Waals surface area (Å²) in [6, 6.07) is 2.80. The molecule has 31 nitrogen and oxygen atoms in total. The maximum absolute atomic E-state index is 12.7. The van der Waals surface area contributed by atoms with Crippen LogP contribution in [-0.2, 0) is 50.7 Å². The summed E-state index contributed by atoms with van der Waals surface area (Å²) in [6.07, 6.45) is -7.28. The minimum atomic E-state index is -5.62. The number of benzene rings is 1. The fraction of sp³-hybridized carbons (Fsp3) is 0.548. The van der Waals surface area contributed by atoms with Gasteiger partial charge in [-0.3, -0.25) is 52.8 Å². The minimum Gasteiger partial charge on any atom is -0.486 e. The molecule has 1 aromatic carbocycles. The molecule has 0 bridgehead atoms. The summed E-state index contributed by atoms with van der Waals surface area (Å²) < 4.78 is 67.5. The Morgan fingerprint density at radius 2 is 1.71 bits per heavy atom. The number of rotatable bonds is 25. The molecule has 66 heavy (non-hydrogen) atoms. The predicted octanol–water partition coefficient (Wildman–Crippen LogP) is 0.196. The lowest BCUT2D eigenvalue weighted by Crippen LogP contribution is -2.46. The van der Waals surface area contributed by atoms with Crippen LogP contribution in [0.3, 0.4) is 0 Å². The van der Waals surface area contributed by atoms with Crippen LogP contribution in [-0.4, -0.2) is 139 Å². The van der Waals surface area contributed by atoms with Gasteiger partial charge in [0.15, 0.2) is 28.6 Å². The highest BCUT2D eigenvalue weighted by Crippen LogP contribution is 2.61. The Morgan fingerprint density at radius 1 is 1.03 bits per heavy atom. The zero-order valence-corrected chi connectivity index (χ0v) is 38.0. The largest absolute Gasteiger partial charge is 0.486 e. The second kappa shape index (κ2) is 22.5. The van der Waals surface area contributed by atoms with Crippen molar-refractivity contribution in [2.75, 3.05) is 44.4 Å². The van der Waals surface area contributed by atoms with Crippen LogP contribution in [0.1, 0.15) is 33.4 Å². The molecule has 3 aromatic rings. The van der Waals surface area contributed by atoms with Gasteiger partial charge in [-0.25, -0.2) is 28.6 Å². The number of anilines is 1. The smallest absolute Gasteiger partial charge is 0.481 e. The summed E-state index contributed by atoms with van der Waals surface area (Å²) in [5.74, 6) is -2.61. The average Bonchev–Trinajstić information content (AvgIpc) is 3.79. The third kappa shape index (κ3) is 15.2. The Balaban J connectivity index is 1.18. The number of aliphatic hydroxyl groups excluding tert-OH is 2. The number of fused-ring (bicyclic) bond motifs is 1. The number of carbonyl (C=O) groups is 3. The van der Waals surface area contributed by atoms with Crippen LogP contribution in [0.5, 0.6) is 5.75 Å². The third-order valence-corrected chi connectivity index (χ3v) is 13.2. The highest BCUT2D eigenvalue weighted by atomic mass is 32.2. The van der Waals surface area contributed by atoms with Gasteiger partial charge in [0.1, 0.15) is 36.3 Å². The zero-order chi connectivity index (χ0) is 49.4. The first kappa shape index (κ1) is 54.0. The summed E-state index contributed by atoms with van der Waals surface area (Å²) >= 11 is 0.827. The number of nitrogens with one attached hydrogen (secondary N) is 2. The van der Waals surface area contributed by atoms with E-state index in [-0.39, 0.29) is 59.7 Å².